The van der Waals surface area contributed by atoms with Crippen molar-refractivity contribution in [2.24, 2.45) is 5.92 Å². The van der Waals surface area contributed by atoms with Gasteiger partial charge in [0.25, 0.3) is 0 Å². The van der Waals surface area contributed by atoms with E-state index in [9.17, 15) is 0 Å². The van der Waals surface area contributed by atoms with Crippen molar-refractivity contribution in [3.05, 3.63) is 0 Å². The van der Waals surface area contributed by atoms with Gasteiger partial charge in [0.2, 0.25) is 0 Å². The molecule has 0 bridgehead atoms. The fourth-order valence-electron chi connectivity index (χ4n) is 3.06. The fourth-order valence-corrected chi connectivity index (χ4v) is 3.06. The second-order valence-electron chi connectivity index (χ2n) is 5.45. The highest BCUT2D eigenvalue weighted by Crippen LogP contribution is 2.27. The number of hydrogen-bond acceptors (Lipinski definition) is 2. The van der Waals surface area contributed by atoms with E-state index >= 15 is 0 Å². The second kappa shape index (κ2) is 5.86. The molecule has 1 saturated carbocycles. The summed E-state index contributed by atoms with van der Waals surface area (Å²) in [7, 11) is 0. The molecule has 1 aliphatic heterocycles. The largest absolute Gasteiger partial charge is 0.313 e. The molecule has 2 fully saturated rings. The van der Waals surface area contributed by atoms with E-state index in [0.717, 1.165) is 5.92 Å². The third-order valence-electron chi connectivity index (χ3n) is 4.00. The Bertz CT molecular complexity index is 175. The van der Waals surface area contributed by atoms with Gasteiger partial charge < -0.3 is 10.2 Å². The zero-order chi connectivity index (χ0) is 10.5. The van der Waals surface area contributed by atoms with Crippen LogP contribution in [0.2, 0.25) is 0 Å². The van der Waals surface area contributed by atoms with Gasteiger partial charge in [-0.2, -0.15) is 0 Å². The Morgan fingerprint density at radius 2 is 2.00 bits per heavy atom. The van der Waals surface area contributed by atoms with Crippen molar-refractivity contribution in [2.75, 3.05) is 26.2 Å². The molecule has 1 saturated heterocycles. The van der Waals surface area contributed by atoms with Gasteiger partial charge in [0.1, 0.15) is 0 Å². The summed E-state index contributed by atoms with van der Waals surface area (Å²) in [5.74, 6) is 1.05. The molecule has 1 unspecified atom stereocenters. The predicted octanol–water partition coefficient (Wildman–Crippen LogP) is 2.25. The third-order valence-corrected chi connectivity index (χ3v) is 4.00. The van der Waals surface area contributed by atoms with E-state index in [1.165, 1.54) is 64.7 Å². The zero-order valence-electron chi connectivity index (χ0n) is 10.2. The molecule has 0 amide bonds. The van der Waals surface area contributed by atoms with E-state index in [1.54, 1.807) is 0 Å². The van der Waals surface area contributed by atoms with Crippen LogP contribution in [-0.4, -0.2) is 37.1 Å². The Balaban J connectivity index is 1.67. The van der Waals surface area contributed by atoms with Crippen molar-refractivity contribution in [2.45, 2.75) is 51.5 Å². The number of rotatable bonds is 3. The molecule has 2 aliphatic rings. The number of hydrogen-bond donors (Lipinski definition) is 1. The Hall–Kier alpha value is -0.0800. The van der Waals surface area contributed by atoms with E-state index in [0.29, 0.717) is 6.04 Å². The molecule has 88 valence electrons. The van der Waals surface area contributed by atoms with E-state index < -0.39 is 0 Å². The van der Waals surface area contributed by atoms with Crippen LogP contribution in [0.5, 0.6) is 0 Å². The lowest BCUT2D eigenvalue weighted by Gasteiger charge is -2.23. The van der Waals surface area contributed by atoms with Crippen molar-refractivity contribution < 1.29 is 0 Å². The first-order valence-corrected chi connectivity index (χ1v) is 6.80. The van der Waals surface area contributed by atoms with Gasteiger partial charge in [-0.25, -0.2) is 0 Å². The Labute approximate surface area is 94.4 Å². The minimum atomic E-state index is 0.691. The third kappa shape index (κ3) is 3.76. The summed E-state index contributed by atoms with van der Waals surface area (Å²) in [6.45, 7) is 7.43. The van der Waals surface area contributed by atoms with Crippen LogP contribution >= 0.6 is 0 Å². The van der Waals surface area contributed by atoms with Crippen LogP contribution in [0.25, 0.3) is 0 Å². The van der Waals surface area contributed by atoms with Crippen molar-refractivity contribution in [3.8, 4) is 0 Å². The predicted molar refractivity (Wildman–Crippen MR) is 65.1 cm³/mol. The lowest BCUT2D eigenvalue weighted by atomic mass is 10.0. The highest BCUT2D eigenvalue weighted by Gasteiger charge is 2.18. The second-order valence-corrected chi connectivity index (χ2v) is 5.45. The lowest BCUT2D eigenvalue weighted by Crippen LogP contribution is -2.36. The maximum atomic E-state index is 3.56. The average Bonchev–Trinajstić information content (AvgIpc) is 2.65. The summed E-state index contributed by atoms with van der Waals surface area (Å²) < 4.78 is 0. The van der Waals surface area contributed by atoms with Crippen LogP contribution in [0.15, 0.2) is 0 Å². The molecule has 15 heavy (non-hydrogen) atoms. The smallest absolute Gasteiger partial charge is 0.0166 e. The summed E-state index contributed by atoms with van der Waals surface area (Å²) in [6, 6.07) is 0.691. The van der Waals surface area contributed by atoms with E-state index in [2.05, 4.69) is 17.1 Å². The zero-order valence-corrected chi connectivity index (χ0v) is 10.2. The van der Waals surface area contributed by atoms with Crippen molar-refractivity contribution in [3.63, 3.8) is 0 Å². The van der Waals surface area contributed by atoms with Gasteiger partial charge in [-0.05, 0) is 45.3 Å². The molecular formula is C13H26N2. The van der Waals surface area contributed by atoms with Gasteiger partial charge in [-0.15, -0.1) is 0 Å². The van der Waals surface area contributed by atoms with Crippen LogP contribution in [0.1, 0.15) is 45.4 Å². The molecule has 0 aromatic heterocycles. The summed E-state index contributed by atoms with van der Waals surface area (Å²) in [4.78, 5) is 2.67. The van der Waals surface area contributed by atoms with Crippen LogP contribution < -0.4 is 5.32 Å². The van der Waals surface area contributed by atoms with Crippen LogP contribution in [0, 0.1) is 5.92 Å². The Kier molecular flexibility index (Phi) is 4.45. The fraction of sp³-hybridized carbons (Fsp3) is 1.00. The maximum absolute atomic E-state index is 3.56. The number of nitrogens with zero attached hydrogens (tertiary/aromatic N) is 1. The van der Waals surface area contributed by atoms with Crippen molar-refractivity contribution in [1.82, 2.24) is 10.2 Å². The first-order valence-electron chi connectivity index (χ1n) is 6.80. The summed E-state index contributed by atoms with van der Waals surface area (Å²) >= 11 is 0. The highest BCUT2D eigenvalue weighted by atomic mass is 15.2. The van der Waals surface area contributed by atoms with E-state index in [4.69, 9.17) is 0 Å². The maximum Gasteiger partial charge on any atom is 0.0166 e. The van der Waals surface area contributed by atoms with Gasteiger partial charge >= 0.3 is 0 Å². The van der Waals surface area contributed by atoms with Crippen LogP contribution in [0.4, 0.5) is 0 Å². The minimum absolute atomic E-state index is 0.691. The molecule has 2 rings (SSSR count). The molecule has 1 aliphatic carbocycles. The van der Waals surface area contributed by atoms with Crippen molar-refractivity contribution in [1.29, 1.82) is 0 Å². The molecule has 0 aromatic rings. The molecule has 2 heteroatoms. The quantitative estimate of drug-likeness (QED) is 0.768. The van der Waals surface area contributed by atoms with Gasteiger partial charge in [0.15, 0.2) is 0 Å². The Morgan fingerprint density at radius 3 is 2.80 bits per heavy atom. The topological polar surface area (TPSA) is 15.3 Å². The van der Waals surface area contributed by atoms with Crippen LogP contribution in [-0.2, 0) is 0 Å². The van der Waals surface area contributed by atoms with E-state index in [1.807, 2.05) is 0 Å². The molecule has 0 aromatic carbocycles. The van der Waals surface area contributed by atoms with Crippen molar-refractivity contribution >= 4 is 0 Å². The molecule has 1 atom stereocenters. The van der Waals surface area contributed by atoms with Gasteiger partial charge in [0.05, 0.1) is 0 Å². The molecule has 2 nitrogen and oxygen atoms in total. The van der Waals surface area contributed by atoms with Gasteiger partial charge in [-0.3, -0.25) is 0 Å². The minimum Gasteiger partial charge on any atom is -0.313 e. The monoisotopic (exact) mass is 210 g/mol. The molecule has 1 heterocycles. The van der Waals surface area contributed by atoms with E-state index in [-0.39, 0.29) is 0 Å². The normalized spacial score (nSPS) is 30.6. The highest BCUT2D eigenvalue weighted by molar-refractivity contribution is 4.75. The Morgan fingerprint density at radius 1 is 1.20 bits per heavy atom. The first kappa shape index (κ1) is 11.4. The summed E-state index contributed by atoms with van der Waals surface area (Å²) in [5.41, 5.74) is 0. The average molecular weight is 210 g/mol. The van der Waals surface area contributed by atoms with Gasteiger partial charge in [0, 0.05) is 12.6 Å². The molecule has 0 radical (unpaired) electrons. The number of nitrogens with one attached hydrogen (secondary N) is 1. The lowest BCUT2D eigenvalue weighted by molar-refractivity contribution is 0.251. The van der Waals surface area contributed by atoms with Gasteiger partial charge in [-0.1, -0.05) is 25.7 Å². The molecular weight excluding hydrogens is 184 g/mol. The molecule has 0 spiro atoms. The SMILES string of the molecule is CC1CN(CCC2CCCC2)CCCN1. The molecule has 1 N–H and O–H groups in total. The standard InChI is InChI=1S/C13H26N2/c1-12-11-15(9-4-8-14-12)10-7-13-5-2-3-6-13/h12-14H,2-11H2,1H3. The summed E-state index contributed by atoms with van der Waals surface area (Å²) in [5, 5.41) is 3.56. The summed E-state index contributed by atoms with van der Waals surface area (Å²) in [6.07, 6.45) is 8.76. The van der Waals surface area contributed by atoms with Crippen LogP contribution in [0.3, 0.4) is 0 Å². The first-order chi connectivity index (χ1) is 7.34.